The van der Waals surface area contributed by atoms with Crippen LogP contribution in [0.2, 0.25) is 0 Å². The van der Waals surface area contributed by atoms with Crippen molar-refractivity contribution in [3.8, 4) is 0 Å². The van der Waals surface area contributed by atoms with Gasteiger partial charge in [-0.2, -0.15) is 0 Å². The van der Waals surface area contributed by atoms with Gasteiger partial charge in [0.05, 0.1) is 29.6 Å². The molecule has 1 fully saturated rings. The summed E-state index contributed by atoms with van der Waals surface area (Å²) < 4.78 is 5.33. The standard InChI is InChI=1S/C23H18N4O6/c28-18-8-7-16(21(30)26-18)27-22(31)13-3-1-5-15(20(13)23(27)32)24-11-19(29)25-14-4-2-6-17-12(14)9-10-33-17/h1-6,9-10,16,24H,7-8,11H2,(H,25,29)(H,26,28,30). The van der Waals surface area contributed by atoms with Gasteiger partial charge in [-0.3, -0.25) is 34.2 Å². The highest BCUT2D eigenvalue weighted by molar-refractivity contribution is 6.25. The van der Waals surface area contributed by atoms with Crippen LogP contribution in [0.4, 0.5) is 11.4 Å². The molecule has 166 valence electrons. The van der Waals surface area contributed by atoms with Gasteiger partial charge in [-0.15, -0.1) is 0 Å². The van der Waals surface area contributed by atoms with E-state index in [4.69, 9.17) is 4.42 Å². The number of imide groups is 2. The van der Waals surface area contributed by atoms with Gasteiger partial charge in [0.2, 0.25) is 17.7 Å². The lowest BCUT2D eigenvalue weighted by molar-refractivity contribution is -0.136. The van der Waals surface area contributed by atoms with E-state index < -0.39 is 29.7 Å². The van der Waals surface area contributed by atoms with E-state index in [9.17, 15) is 24.0 Å². The summed E-state index contributed by atoms with van der Waals surface area (Å²) in [5, 5.41) is 8.62. The molecule has 3 aromatic rings. The molecule has 3 heterocycles. The molecule has 2 aromatic carbocycles. The topological polar surface area (TPSA) is 138 Å². The van der Waals surface area contributed by atoms with Crippen LogP contribution in [0.15, 0.2) is 53.1 Å². The predicted molar refractivity (Wildman–Crippen MR) is 116 cm³/mol. The number of carbonyl (C=O) groups excluding carboxylic acids is 5. The van der Waals surface area contributed by atoms with E-state index in [2.05, 4.69) is 16.0 Å². The van der Waals surface area contributed by atoms with E-state index in [0.717, 1.165) is 10.3 Å². The lowest BCUT2D eigenvalue weighted by Crippen LogP contribution is -2.54. The SMILES string of the molecule is O=C1CCC(N2C(=O)c3cccc(NCC(=O)Nc4cccc5occc45)c3C2=O)C(=O)N1. The molecular weight excluding hydrogens is 428 g/mol. The molecule has 2 aliphatic rings. The third-order valence-electron chi connectivity index (χ3n) is 5.68. The van der Waals surface area contributed by atoms with Crippen LogP contribution in [0.3, 0.4) is 0 Å². The number of amides is 5. The van der Waals surface area contributed by atoms with Crippen molar-refractivity contribution in [3.05, 3.63) is 59.9 Å². The first-order valence-electron chi connectivity index (χ1n) is 10.3. The second-order valence-electron chi connectivity index (χ2n) is 7.72. The van der Waals surface area contributed by atoms with Crippen LogP contribution in [0.1, 0.15) is 33.6 Å². The minimum absolute atomic E-state index is 0.0402. The second-order valence-corrected chi connectivity index (χ2v) is 7.72. The maximum absolute atomic E-state index is 13.1. The number of hydrogen-bond acceptors (Lipinski definition) is 7. The number of piperidine rings is 1. The fraction of sp³-hybridized carbons (Fsp3) is 0.174. The van der Waals surface area contributed by atoms with Gasteiger partial charge in [0.1, 0.15) is 11.6 Å². The van der Waals surface area contributed by atoms with Crippen molar-refractivity contribution in [2.45, 2.75) is 18.9 Å². The van der Waals surface area contributed by atoms with E-state index in [1.54, 1.807) is 36.4 Å². The van der Waals surface area contributed by atoms with Crippen molar-refractivity contribution < 1.29 is 28.4 Å². The lowest BCUT2D eigenvalue weighted by atomic mass is 10.0. The third-order valence-corrected chi connectivity index (χ3v) is 5.68. The normalized spacial score (nSPS) is 17.8. The Kier molecular flexibility index (Phi) is 4.89. The molecule has 10 heteroatoms. The number of nitrogens with zero attached hydrogens (tertiary/aromatic N) is 1. The smallest absolute Gasteiger partial charge is 0.264 e. The molecule has 10 nitrogen and oxygen atoms in total. The van der Waals surface area contributed by atoms with Crippen LogP contribution in [-0.2, 0) is 14.4 Å². The highest BCUT2D eigenvalue weighted by Crippen LogP contribution is 2.32. The Morgan fingerprint density at radius 2 is 1.82 bits per heavy atom. The van der Waals surface area contributed by atoms with E-state index in [0.29, 0.717) is 17.0 Å². The first kappa shape index (κ1) is 20.4. The minimum atomic E-state index is -1.05. The first-order valence-corrected chi connectivity index (χ1v) is 10.3. The largest absolute Gasteiger partial charge is 0.464 e. The van der Waals surface area contributed by atoms with Gasteiger partial charge in [-0.05, 0) is 36.8 Å². The molecule has 0 aliphatic carbocycles. The summed E-state index contributed by atoms with van der Waals surface area (Å²) in [7, 11) is 0. The van der Waals surface area contributed by atoms with Gasteiger partial charge in [-0.25, -0.2) is 0 Å². The molecule has 0 bridgehead atoms. The zero-order chi connectivity index (χ0) is 23.1. The number of hydrogen-bond donors (Lipinski definition) is 3. The Hall–Kier alpha value is -4.47. The Morgan fingerprint density at radius 3 is 2.64 bits per heavy atom. The first-order chi connectivity index (χ1) is 15.9. The Bertz CT molecular complexity index is 1340. The van der Waals surface area contributed by atoms with Crippen LogP contribution >= 0.6 is 0 Å². The summed E-state index contributed by atoms with van der Waals surface area (Å²) >= 11 is 0. The van der Waals surface area contributed by atoms with Gasteiger partial charge in [-0.1, -0.05) is 12.1 Å². The number of furan rings is 1. The molecule has 0 saturated carbocycles. The van der Waals surface area contributed by atoms with Crippen molar-refractivity contribution in [3.63, 3.8) is 0 Å². The van der Waals surface area contributed by atoms with Gasteiger partial charge < -0.3 is 15.1 Å². The maximum Gasteiger partial charge on any atom is 0.264 e. The van der Waals surface area contributed by atoms with Crippen LogP contribution in [-0.4, -0.2) is 47.0 Å². The molecular formula is C23H18N4O6. The van der Waals surface area contributed by atoms with Gasteiger partial charge in [0, 0.05) is 17.5 Å². The van der Waals surface area contributed by atoms with Crippen molar-refractivity contribution in [2.75, 3.05) is 17.2 Å². The van der Waals surface area contributed by atoms with Crippen molar-refractivity contribution >= 4 is 51.9 Å². The van der Waals surface area contributed by atoms with E-state index >= 15 is 0 Å². The predicted octanol–water partition coefficient (Wildman–Crippen LogP) is 1.88. The highest BCUT2D eigenvalue weighted by atomic mass is 16.3. The highest BCUT2D eigenvalue weighted by Gasteiger charge is 2.45. The minimum Gasteiger partial charge on any atom is -0.464 e. The summed E-state index contributed by atoms with van der Waals surface area (Å²) in [6, 6.07) is 10.6. The van der Waals surface area contributed by atoms with Crippen molar-refractivity contribution in [1.82, 2.24) is 10.2 Å². The van der Waals surface area contributed by atoms with E-state index in [1.807, 2.05) is 0 Å². The van der Waals surface area contributed by atoms with Crippen LogP contribution < -0.4 is 16.0 Å². The zero-order valence-electron chi connectivity index (χ0n) is 17.2. The number of fused-ring (bicyclic) bond motifs is 2. The summed E-state index contributed by atoms with van der Waals surface area (Å²) in [5.74, 6) is -2.73. The number of anilines is 2. The second kappa shape index (κ2) is 7.90. The molecule has 2 aliphatic heterocycles. The average molecular weight is 446 g/mol. The molecule has 33 heavy (non-hydrogen) atoms. The molecule has 1 unspecified atom stereocenters. The molecule has 1 saturated heterocycles. The number of nitrogens with one attached hydrogen (secondary N) is 3. The molecule has 1 aromatic heterocycles. The number of benzene rings is 2. The molecule has 5 rings (SSSR count). The van der Waals surface area contributed by atoms with E-state index in [-0.39, 0.29) is 36.4 Å². The Labute approximate surface area is 186 Å². The quantitative estimate of drug-likeness (QED) is 0.509. The average Bonchev–Trinajstić information content (AvgIpc) is 3.37. The van der Waals surface area contributed by atoms with Gasteiger partial charge in [0.25, 0.3) is 11.8 Å². The molecule has 0 radical (unpaired) electrons. The molecule has 3 N–H and O–H groups in total. The van der Waals surface area contributed by atoms with Crippen LogP contribution in [0, 0.1) is 0 Å². The monoisotopic (exact) mass is 446 g/mol. The van der Waals surface area contributed by atoms with E-state index in [1.165, 1.54) is 12.3 Å². The fourth-order valence-corrected chi connectivity index (χ4v) is 4.14. The Morgan fingerprint density at radius 1 is 1.03 bits per heavy atom. The number of rotatable bonds is 5. The third kappa shape index (κ3) is 3.51. The van der Waals surface area contributed by atoms with Gasteiger partial charge in [0.15, 0.2) is 0 Å². The van der Waals surface area contributed by atoms with Crippen molar-refractivity contribution in [2.24, 2.45) is 0 Å². The summed E-state index contributed by atoms with van der Waals surface area (Å²) in [6.07, 6.45) is 1.64. The summed E-state index contributed by atoms with van der Waals surface area (Å²) in [5.41, 5.74) is 1.76. The fourth-order valence-electron chi connectivity index (χ4n) is 4.14. The summed E-state index contributed by atoms with van der Waals surface area (Å²) in [6.45, 7) is -0.162. The van der Waals surface area contributed by atoms with Crippen LogP contribution in [0.25, 0.3) is 11.0 Å². The number of carbonyl (C=O) groups is 5. The lowest BCUT2D eigenvalue weighted by Gasteiger charge is -2.27. The van der Waals surface area contributed by atoms with Crippen LogP contribution in [0.5, 0.6) is 0 Å². The zero-order valence-corrected chi connectivity index (χ0v) is 17.2. The summed E-state index contributed by atoms with van der Waals surface area (Å²) in [4.78, 5) is 63.1. The molecule has 5 amide bonds. The molecule has 1 atom stereocenters. The molecule has 0 spiro atoms. The van der Waals surface area contributed by atoms with Gasteiger partial charge >= 0.3 is 0 Å². The Balaban J connectivity index is 1.33. The maximum atomic E-state index is 13.1. The van der Waals surface area contributed by atoms with Crippen molar-refractivity contribution in [1.29, 1.82) is 0 Å².